The van der Waals surface area contributed by atoms with Gasteiger partial charge in [-0.1, -0.05) is 34.1 Å². The van der Waals surface area contributed by atoms with Crippen LogP contribution in [0.25, 0.3) is 0 Å². The molecule has 0 atom stereocenters. The van der Waals surface area contributed by atoms with Gasteiger partial charge in [0, 0.05) is 10.2 Å². The van der Waals surface area contributed by atoms with E-state index < -0.39 is 0 Å². The average Bonchev–Trinajstić information content (AvgIpc) is 2.47. The van der Waals surface area contributed by atoms with Gasteiger partial charge in [-0.15, -0.1) is 0 Å². The van der Waals surface area contributed by atoms with Crippen LogP contribution in [0.4, 0.5) is 5.69 Å². The van der Waals surface area contributed by atoms with Gasteiger partial charge in [0.1, 0.15) is 5.75 Å². The molecule has 20 heavy (non-hydrogen) atoms. The van der Waals surface area contributed by atoms with Crippen LogP contribution in [0, 0.1) is 0 Å². The Morgan fingerprint density at radius 1 is 1.10 bits per heavy atom. The SMILES string of the molecule is COc1ccc(Br)c(COCCc2ccccc2N)c1. The Kier molecular flexibility index (Phi) is 5.44. The highest BCUT2D eigenvalue weighted by Gasteiger charge is 2.03. The highest BCUT2D eigenvalue weighted by atomic mass is 79.9. The summed E-state index contributed by atoms with van der Waals surface area (Å²) >= 11 is 3.51. The van der Waals surface area contributed by atoms with Crippen molar-refractivity contribution in [2.75, 3.05) is 19.5 Å². The van der Waals surface area contributed by atoms with Gasteiger partial charge in [0.15, 0.2) is 0 Å². The molecular weight excluding hydrogens is 318 g/mol. The number of hydrogen-bond acceptors (Lipinski definition) is 3. The second-order valence-electron chi connectivity index (χ2n) is 4.46. The molecule has 0 fully saturated rings. The van der Waals surface area contributed by atoms with Crippen LogP contribution in [-0.2, 0) is 17.8 Å². The summed E-state index contributed by atoms with van der Waals surface area (Å²) in [5.41, 5.74) is 8.91. The van der Waals surface area contributed by atoms with Crippen molar-refractivity contribution in [2.45, 2.75) is 13.0 Å². The van der Waals surface area contributed by atoms with Gasteiger partial charge >= 0.3 is 0 Å². The summed E-state index contributed by atoms with van der Waals surface area (Å²) < 4.78 is 12.0. The predicted molar refractivity (Wildman–Crippen MR) is 84.9 cm³/mol. The Morgan fingerprint density at radius 3 is 2.65 bits per heavy atom. The summed E-state index contributed by atoms with van der Waals surface area (Å²) in [5.74, 6) is 0.833. The normalized spacial score (nSPS) is 10.5. The number of nitrogen functional groups attached to an aromatic ring is 1. The largest absolute Gasteiger partial charge is 0.497 e. The lowest BCUT2D eigenvalue weighted by molar-refractivity contribution is 0.123. The Bertz CT molecular complexity index is 572. The Hall–Kier alpha value is -1.52. The number of para-hydroxylation sites is 1. The summed E-state index contributed by atoms with van der Waals surface area (Å²) in [5, 5.41) is 0. The lowest BCUT2D eigenvalue weighted by Gasteiger charge is -2.09. The fourth-order valence-electron chi connectivity index (χ4n) is 1.91. The zero-order chi connectivity index (χ0) is 14.4. The monoisotopic (exact) mass is 335 g/mol. The zero-order valence-corrected chi connectivity index (χ0v) is 13.0. The zero-order valence-electron chi connectivity index (χ0n) is 11.4. The number of halogens is 1. The Labute approximate surface area is 127 Å². The molecule has 0 aromatic heterocycles. The summed E-state index contributed by atoms with van der Waals surface area (Å²) in [7, 11) is 1.66. The topological polar surface area (TPSA) is 44.5 Å². The van der Waals surface area contributed by atoms with E-state index in [-0.39, 0.29) is 0 Å². The molecule has 3 nitrogen and oxygen atoms in total. The first-order valence-electron chi connectivity index (χ1n) is 6.44. The number of methoxy groups -OCH3 is 1. The molecule has 0 spiro atoms. The number of benzene rings is 2. The average molecular weight is 336 g/mol. The Balaban J connectivity index is 1.86. The van der Waals surface area contributed by atoms with Crippen LogP contribution in [0.1, 0.15) is 11.1 Å². The van der Waals surface area contributed by atoms with Crippen molar-refractivity contribution in [3.63, 3.8) is 0 Å². The molecule has 2 N–H and O–H groups in total. The second kappa shape index (κ2) is 7.31. The van der Waals surface area contributed by atoms with Gasteiger partial charge in [-0.05, 0) is 41.8 Å². The van der Waals surface area contributed by atoms with Crippen molar-refractivity contribution in [1.82, 2.24) is 0 Å². The van der Waals surface area contributed by atoms with Crippen LogP contribution in [-0.4, -0.2) is 13.7 Å². The first kappa shape index (κ1) is 14.9. The maximum atomic E-state index is 5.90. The fourth-order valence-corrected chi connectivity index (χ4v) is 2.28. The molecule has 0 bridgehead atoms. The van der Waals surface area contributed by atoms with Gasteiger partial charge in [0.05, 0.1) is 20.3 Å². The van der Waals surface area contributed by atoms with Crippen LogP contribution >= 0.6 is 15.9 Å². The van der Waals surface area contributed by atoms with E-state index in [1.54, 1.807) is 7.11 Å². The highest BCUT2D eigenvalue weighted by molar-refractivity contribution is 9.10. The van der Waals surface area contributed by atoms with Crippen molar-refractivity contribution < 1.29 is 9.47 Å². The maximum absolute atomic E-state index is 5.90. The molecule has 106 valence electrons. The van der Waals surface area contributed by atoms with Gasteiger partial charge in [-0.2, -0.15) is 0 Å². The number of rotatable bonds is 6. The third-order valence-electron chi connectivity index (χ3n) is 3.08. The molecule has 0 unspecified atom stereocenters. The predicted octanol–water partition coefficient (Wildman–Crippen LogP) is 3.80. The summed E-state index contributed by atoms with van der Waals surface area (Å²) in [6.45, 7) is 1.18. The molecule has 0 aliphatic heterocycles. The van der Waals surface area contributed by atoms with Crippen molar-refractivity contribution in [3.8, 4) is 5.75 Å². The van der Waals surface area contributed by atoms with E-state index in [2.05, 4.69) is 15.9 Å². The molecule has 0 saturated carbocycles. The van der Waals surface area contributed by atoms with Crippen molar-refractivity contribution >= 4 is 21.6 Å². The minimum Gasteiger partial charge on any atom is -0.497 e. The lowest BCUT2D eigenvalue weighted by Crippen LogP contribution is -2.02. The van der Waals surface area contributed by atoms with E-state index in [1.807, 2.05) is 42.5 Å². The lowest BCUT2D eigenvalue weighted by atomic mass is 10.1. The van der Waals surface area contributed by atoms with E-state index >= 15 is 0 Å². The minimum atomic E-state index is 0.546. The van der Waals surface area contributed by atoms with E-state index in [0.29, 0.717) is 13.2 Å². The van der Waals surface area contributed by atoms with Crippen LogP contribution < -0.4 is 10.5 Å². The first-order valence-corrected chi connectivity index (χ1v) is 7.23. The number of ether oxygens (including phenoxy) is 2. The first-order chi connectivity index (χ1) is 9.70. The van der Waals surface area contributed by atoms with Crippen LogP contribution in [0.2, 0.25) is 0 Å². The molecule has 0 heterocycles. The van der Waals surface area contributed by atoms with Gasteiger partial charge < -0.3 is 15.2 Å². The molecule has 0 aliphatic carbocycles. The van der Waals surface area contributed by atoms with Crippen LogP contribution in [0.5, 0.6) is 5.75 Å². The van der Waals surface area contributed by atoms with Crippen molar-refractivity contribution in [2.24, 2.45) is 0 Å². The third kappa shape index (κ3) is 3.99. The fraction of sp³-hybridized carbons (Fsp3) is 0.250. The number of anilines is 1. The maximum Gasteiger partial charge on any atom is 0.119 e. The smallest absolute Gasteiger partial charge is 0.119 e. The summed E-state index contributed by atoms with van der Waals surface area (Å²) in [6, 6.07) is 13.7. The number of nitrogens with two attached hydrogens (primary N) is 1. The van der Waals surface area contributed by atoms with Gasteiger partial charge in [-0.25, -0.2) is 0 Å². The van der Waals surface area contributed by atoms with E-state index in [1.165, 1.54) is 0 Å². The molecule has 0 amide bonds. The van der Waals surface area contributed by atoms with E-state index in [9.17, 15) is 0 Å². The van der Waals surface area contributed by atoms with E-state index in [0.717, 1.165) is 33.5 Å². The summed E-state index contributed by atoms with van der Waals surface area (Å²) in [6.07, 6.45) is 0.814. The molecule has 0 aliphatic rings. The van der Waals surface area contributed by atoms with Gasteiger partial charge in [-0.3, -0.25) is 0 Å². The van der Waals surface area contributed by atoms with Gasteiger partial charge in [0.25, 0.3) is 0 Å². The molecular formula is C16H18BrNO2. The third-order valence-corrected chi connectivity index (χ3v) is 3.85. The quantitative estimate of drug-likeness (QED) is 0.645. The molecule has 2 aromatic carbocycles. The molecule has 4 heteroatoms. The van der Waals surface area contributed by atoms with E-state index in [4.69, 9.17) is 15.2 Å². The molecule has 0 saturated heterocycles. The highest BCUT2D eigenvalue weighted by Crippen LogP contribution is 2.23. The van der Waals surface area contributed by atoms with Crippen molar-refractivity contribution in [1.29, 1.82) is 0 Å². The molecule has 2 aromatic rings. The second-order valence-corrected chi connectivity index (χ2v) is 5.31. The van der Waals surface area contributed by atoms with Crippen molar-refractivity contribution in [3.05, 3.63) is 58.1 Å². The number of hydrogen-bond donors (Lipinski definition) is 1. The molecule has 2 rings (SSSR count). The van der Waals surface area contributed by atoms with Crippen LogP contribution in [0.3, 0.4) is 0 Å². The standard InChI is InChI=1S/C16H18BrNO2/c1-19-14-6-7-15(17)13(10-14)11-20-9-8-12-4-2-3-5-16(12)18/h2-7,10H,8-9,11,18H2,1H3. The summed E-state index contributed by atoms with van der Waals surface area (Å²) in [4.78, 5) is 0. The van der Waals surface area contributed by atoms with Gasteiger partial charge in [0.2, 0.25) is 0 Å². The van der Waals surface area contributed by atoms with Crippen LogP contribution in [0.15, 0.2) is 46.9 Å². The Morgan fingerprint density at radius 2 is 1.90 bits per heavy atom. The minimum absolute atomic E-state index is 0.546. The molecule has 0 radical (unpaired) electrons.